The van der Waals surface area contributed by atoms with E-state index in [2.05, 4.69) is 14.8 Å². The third-order valence-electron chi connectivity index (χ3n) is 1.36. The van der Waals surface area contributed by atoms with Crippen LogP contribution in [0.1, 0.15) is 0 Å². The highest BCUT2D eigenvalue weighted by atomic mass is 31.0. The van der Waals surface area contributed by atoms with Crippen LogP contribution in [-0.4, -0.2) is 6.54 Å². The molecule has 0 saturated carbocycles. The molecule has 0 bridgehead atoms. The Hall–Kier alpha value is -1.26. The second-order valence-corrected chi connectivity index (χ2v) is 2.39. The van der Waals surface area contributed by atoms with Crippen molar-refractivity contribution in [2.24, 2.45) is 0 Å². The van der Waals surface area contributed by atoms with Crippen molar-refractivity contribution >= 4 is 15.2 Å². The highest BCUT2D eigenvalue weighted by Crippen LogP contribution is 2.16. The normalized spacial score (nSPS) is 8.67. The lowest BCUT2D eigenvalue weighted by atomic mass is 10.3. The zero-order chi connectivity index (χ0) is 8.81. The zero-order valence-corrected chi connectivity index (χ0v) is 7.60. The lowest BCUT2D eigenvalue weighted by Crippen LogP contribution is -1.97. The Labute approximate surface area is 73.6 Å². The second kappa shape index (κ2) is 4.58. The van der Waals surface area contributed by atoms with Gasteiger partial charge in [0.05, 0.1) is 15.5 Å². The van der Waals surface area contributed by atoms with Crippen LogP contribution >= 0.6 is 9.47 Å². The van der Waals surface area contributed by atoms with E-state index in [1.54, 1.807) is 0 Å². The predicted molar refractivity (Wildman–Crippen MR) is 50.9 cm³/mol. The summed E-state index contributed by atoms with van der Waals surface area (Å²) in [5.74, 6) is 0.780. The Morgan fingerprint density at radius 2 is 2.08 bits per heavy atom. The largest absolute Gasteiger partial charge is 0.480 e. The summed E-state index contributed by atoms with van der Waals surface area (Å²) in [7, 11) is 2.17. The number of anilines is 1. The van der Waals surface area contributed by atoms with Crippen LogP contribution in [0.25, 0.3) is 0 Å². The number of nitriles is 1. The fraction of sp³-hybridized carbons (Fsp3) is 0.125. The monoisotopic (exact) mass is 180 g/mol. The molecular formula is C8H9N2OP. The highest BCUT2D eigenvalue weighted by Gasteiger charge is 1.91. The van der Waals surface area contributed by atoms with Gasteiger partial charge < -0.3 is 9.84 Å². The van der Waals surface area contributed by atoms with Crippen LogP contribution < -0.4 is 9.84 Å². The molecule has 1 rings (SSSR count). The van der Waals surface area contributed by atoms with Gasteiger partial charge in [-0.15, -0.1) is 0 Å². The molecule has 0 spiro atoms. The number of nitrogens with one attached hydrogen (secondary N) is 1. The first-order valence-corrected chi connectivity index (χ1v) is 3.91. The van der Waals surface area contributed by atoms with Crippen LogP contribution in [0.3, 0.4) is 0 Å². The van der Waals surface area contributed by atoms with Crippen molar-refractivity contribution < 1.29 is 4.52 Å². The molecule has 0 radical (unpaired) electrons. The van der Waals surface area contributed by atoms with Gasteiger partial charge in [0, 0.05) is 5.69 Å². The van der Waals surface area contributed by atoms with Crippen LogP contribution in [-0.2, 0) is 0 Å². The summed E-state index contributed by atoms with van der Waals surface area (Å²) in [4.78, 5) is 0. The molecule has 4 heteroatoms. The van der Waals surface area contributed by atoms with Gasteiger partial charge in [-0.3, -0.25) is 0 Å². The average Bonchev–Trinajstić information content (AvgIpc) is 2.15. The Balaban J connectivity index is 2.60. The SMILES string of the molecule is N#CCNc1ccc(OP)cc1. The van der Waals surface area contributed by atoms with Gasteiger partial charge in [-0.25, -0.2) is 0 Å². The second-order valence-electron chi connectivity index (χ2n) is 2.15. The summed E-state index contributed by atoms with van der Waals surface area (Å²) >= 11 is 0. The van der Waals surface area contributed by atoms with Crippen LogP contribution in [0.5, 0.6) is 5.75 Å². The molecule has 0 heterocycles. The lowest BCUT2D eigenvalue weighted by molar-refractivity contribution is 0.646. The van der Waals surface area contributed by atoms with Crippen LogP contribution in [0.2, 0.25) is 0 Å². The van der Waals surface area contributed by atoms with E-state index in [1.165, 1.54) is 0 Å². The minimum absolute atomic E-state index is 0.321. The van der Waals surface area contributed by atoms with Crippen molar-refractivity contribution in [2.45, 2.75) is 0 Å². The van der Waals surface area contributed by atoms with Crippen molar-refractivity contribution in [1.82, 2.24) is 0 Å². The maximum Gasteiger partial charge on any atom is 0.122 e. The lowest BCUT2D eigenvalue weighted by Gasteiger charge is -2.02. The van der Waals surface area contributed by atoms with Crippen LogP contribution in [0.15, 0.2) is 24.3 Å². The summed E-state index contributed by atoms with van der Waals surface area (Å²) in [6, 6.07) is 9.37. The number of hydrogen-bond donors (Lipinski definition) is 1. The zero-order valence-electron chi connectivity index (χ0n) is 6.45. The maximum absolute atomic E-state index is 8.29. The maximum atomic E-state index is 8.29. The van der Waals surface area contributed by atoms with E-state index in [0.717, 1.165) is 11.4 Å². The van der Waals surface area contributed by atoms with Crippen LogP contribution in [0.4, 0.5) is 5.69 Å². The predicted octanol–water partition coefficient (Wildman–Crippen LogP) is 1.79. The van der Waals surface area contributed by atoms with Gasteiger partial charge in [-0.2, -0.15) is 5.26 Å². The van der Waals surface area contributed by atoms with E-state index in [0.29, 0.717) is 6.54 Å². The fourth-order valence-electron chi connectivity index (χ4n) is 0.793. The van der Waals surface area contributed by atoms with E-state index in [9.17, 15) is 0 Å². The van der Waals surface area contributed by atoms with Crippen molar-refractivity contribution in [3.63, 3.8) is 0 Å². The van der Waals surface area contributed by atoms with Crippen molar-refractivity contribution in [3.8, 4) is 11.8 Å². The van der Waals surface area contributed by atoms with Gasteiger partial charge >= 0.3 is 0 Å². The molecule has 12 heavy (non-hydrogen) atoms. The Morgan fingerprint density at radius 3 is 2.58 bits per heavy atom. The molecule has 0 fully saturated rings. The van der Waals surface area contributed by atoms with Crippen molar-refractivity contribution in [2.75, 3.05) is 11.9 Å². The third kappa shape index (κ3) is 2.41. The molecule has 1 N–H and O–H groups in total. The van der Waals surface area contributed by atoms with E-state index in [-0.39, 0.29) is 0 Å². The van der Waals surface area contributed by atoms with E-state index < -0.39 is 0 Å². The number of rotatable bonds is 3. The van der Waals surface area contributed by atoms with E-state index in [1.807, 2.05) is 30.3 Å². The first-order valence-electron chi connectivity index (χ1n) is 3.44. The Kier molecular flexibility index (Phi) is 3.37. The summed E-state index contributed by atoms with van der Waals surface area (Å²) in [5.41, 5.74) is 0.919. The molecule has 0 aliphatic carbocycles. The molecule has 1 aromatic rings. The molecule has 1 aromatic carbocycles. The summed E-state index contributed by atoms with van der Waals surface area (Å²) in [6.07, 6.45) is 0. The van der Waals surface area contributed by atoms with Crippen LogP contribution in [0, 0.1) is 11.3 Å². The van der Waals surface area contributed by atoms with Crippen molar-refractivity contribution in [1.29, 1.82) is 5.26 Å². The van der Waals surface area contributed by atoms with Gasteiger partial charge in [0.1, 0.15) is 12.3 Å². The minimum atomic E-state index is 0.321. The Bertz CT molecular complexity index is 278. The van der Waals surface area contributed by atoms with E-state index >= 15 is 0 Å². The summed E-state index contributed by atoms with van der Waals surface area (Å²) in [5, 5.41) is 11.2. The first-order chi connectivity index (χ1) is 5.86. The van der Waals surface area contributed by atoms with Gasteiger partial charge in [0.15, 0.2) is 0 Å². The number of benzene rings is 1. The molecule has 1 atom stereocenters. The molecule has 0 aliphatic rings. The minimum Gasteiger partial charge on any atom is -0.480 e. The first kappa shape index (κ1) is 8.83. The molecule has 1 unspecified atom stereocenters. The van der Waals surface area contributed by atoms with E-state index in [4.69, 9.17) is 9.79 Å². The van der Waals surface area contributed by atoms with Gasteiger partial charge in [0.25, 0.3) is 0 Å². The number of hydrogen-bond acceptors (Lipinski definition) is 3. The molecular weight excluding hydrogens is 171 g/mol. The fourth-order valence-corrected chi connectivity index (χ4v) is 0.950. The summed E-state index contributed by atoms with van der Waals surface area (Å²) < 4.78 is 4.90. The standard InChI is InChI=1S/C8H9N2OP/c9-5-6-10-7-1-3-8(11-12)4-2-7/h1-4,10H,6,12H2. The molecule has 0 aliphatic heterocycles. The van der Waals surface area contributed by atoms with Gasteiger partial charge in [0.2, 0.25) is 0 Å². The molecule has 0 aromatic heterocycles. The van der Waals surface area contributed by atoms with Crippen molar-refractivity contribution in [3.05, 3.63) is 24.3 Å². The smallest absolute Gasteiger partial charge is 0.122 e. The van der Waals surface area contributed by atoms with Gasteiger partial charge in [-0.05, 0) is 24.3 Å². The number of nitrogens with zero attached hydrogens (tertiary/aromatic N) is 1. The highest BCUT2D eigenvalue weighted by molar-refractivity contribution is 7.10. The Morgan fingerprint density at radius 1 is 1.42 bits per heavy atom. The molecule has 62 valence electrons. The topological polar surface area (TPSA) is 45.0 Å². The molecule has 0 saturated heterocycles. The third-order valence-corrected chi connectivity index (χ3v) is 1.63. The average molecular weight is 180 g/mol. The summed E-state index contributed by atoms with van der Waals surface area (Å²) in [6.45, 7) is 0.321. The quantitative estimate of drug-likeness (QED) is 0.569. The molecule has 0 amide bonds. The van der Waals surface area contributed by atoms with Gasteiger partial charge in [-0.1, -0.05) is 0 Å². The molecule has 3 nitrogen and oxygen atoms in total.